The molecule has 0 atom stereocenters. The minimum Gasteiger partial charge on any atom is -0.322 e. The highest BCUT2D eigenvalue weighted by Gasteiger charge is 2.23. The van der Waals surface area contributed by atoms with Gasteiger partial charge in [-0.15, -0.1) is 0 Å². The molecule has 0 aliphatic heterocycles. The summed E-state index contributed by atoms with van der Waals surface area (Å²) in [6.07, 6.45) is 1.50. The molecule has 0 bridgehead atoms. The van der Waals surface area contributed by atoms with Crippen LogP contribution in [0.2, 0.25) is 0 Å². The summed E-state index contributed by atoms with van der Waals surface area (Å²) in [5, 5.41) is 7.87. The number of nitrogens with zero attached hydrogens (tertiary/aromatic N) is 4. The number of pyridine rings is 1. The molecule has 1 amide bonds. The monoisotopic (exact) mass is 401 g/mol. The Morgan fingerprint density at radius 1 is 1.21 bits per heavy atom. The van der Waals surface area contributed by atoms with Gasteiger partial charge in [-0.25, -0.2) is 13.4 Å². The molecule has 0 aliphatic rings. The molecule has 0 unspecified atom stereocenters. The van der Waals surface area contributed by atoms with Crippen molar-refractivity contribution >= 4 is 32.7 Å². The Kier molecular flexibility index (Phi) is 5.22. The SMILES string of the molecule is Cc1nn(C)c2ncc(C(=O)Nc3ccc(S(=O)(=O)N(C)C(C)C)cc3)cc12. The van der Waals surface area contributed by atoms with Crippen molar-refractivity contribution in [3.05, 3.63) is 47.8 Å². The topological polar surface area (TPSA) is 97.2 Å². The van der Waals surface area contributed by atoms with Gasteiger partial charge in [-0.2, -0.15) is 9.40 Å². The van der Waals surface area contributed by atoms with Crippen molar-refractivity contribution in [3.8, 4) is 0 Å². The van der Waals surface area contributed by atoms with Crippen LogP contribution in [0.3, 0.4) is 0 Å². The van der Waals surface area contributed by atoms with Crippen molar-refractivity contribution in [2.24, 2.45) is 7.05 Å². The number of nitrogens with one attached hydrogen (secondary N) is 1. The van der Waals surface area contributed by atoms with E-state index in [1.807, 2.05) is 6.92 Å². The van der Waals surface area contributed by atoms with Crippen LogP contribution in [-0.2, 0) is 17.1 Å². The number of benzene rings is 1. The van der Waals surface area contributed by atoms with Crippen LogP contribution in [0.5, 0.6) is 0 Å². The summed E-state index contributed by atoms with van der Waals surface area (Å²) in [7, 11) is -0.220. The van der Waals surface area contributed by atoms with Crippen molar-refractivity contribution in [2.75, 3.05) is 12.4 Å². The van der Waals surface area contributed by atoms with E-state index >= 15 is 0 Å². The molecule has 148 valence electrons. The molecular weight excluding hydrogens is 378 g/mol. The minimum atomic E-state index is -3.56. The molecule has 0 aliphatic carbocycles. The van der Waals surface area contributed by atoms with Gasteiger partial charge in [0.05, 0.1) is 16.2 Å². The average Bonchev–Trinajstić information content (AvgIpc) is 2.95. The molecular formula is C19H23N5O3S. The number of carbonyl (C=O) groups excluding carboxylic acids is 1. The number of anilines is 1. The Balaban J connectivity index is 1.81. The summed E-state index contributed by atoms with van der Waals surface area (Å²) in [6.45, 7) is 5.47. The lowest BCUT2D eigenvalue weighted by Gasteiger charge is -2.21. The van der Waals surface area contributed by atoms with Gasteiger partial charge in [-0.1, -0.05) is 0 Å². The zero-order valence-corrected chi connectivity index (χ0v) is 17.3. The predicted molar refractivity (Wildman–Crippen MR) is 108 cm³/mol. The van der Waals surface area contributed by atoms with E-state index in [-0.39, 0.29) is 16.8 Å². The second-order valence-electron chi connectivity index (χ2n) is 6.90. The fraction of sp³-hybridized carbons (Fsp3) is 0.316. The van der Waals surface area contributed by atoms with E-state index in [9.17, 15) is 13.2 Å². The van der Waals surface area contributed by atoms with Crippen molar-refractivity contribution in [3.63, 3.8) is 0 Å². The number of fused-ring (bicyclic) bond motifs is 1. The highest BCUT2D eigenvalue weighted by molar-refractivity contribution is 7.89. The number of sulfonamides is 1. The lowest BCUT2D eigenvalue weighted by atomic mass is 10.2. The zero-order chi connectivity index (χ0) is 20.6. The molecule has 2 heterocycles. The molecule has 0 radical (unpaired) electrons. The Bertz CT molecular complexity index is 1130. The van der Waals surface area contributed by atoms with Crippen LogP contribution in [0.15, 0.2) is 41.4 Å². The molecule has 0 fully saturated rings. The predicted octanol–water partition coefficient (Wildman–Crippen LogP) is 2.56. The van der Waals surface area contributed by atoms with Crippen molar-refractivity contribution in [2.45, 2.75) is 31.7 Å². The van der Waals surface area contributed by atoms with Gasteiger partial charge >= 0.3 is 0 Å². The van der Waals surface area contributed by atoms with Gasteiger partial charge in [-0.05, 0) is 51.1 Å². The number of amides is 1. The number of hydrogen-bond donors (Lipinski definition) is 1. The summed E-state index contributed by atoms with van der Waals surface area (Å²) in [5.41, 5.74) is 2.40. The Hall–Kier alpha value is -2.78. The second-order valence-corrected chi connectivity index (χ2v) is 8.90. The molecule has 1 aromatic carbocycles. The number of carbonyl (C=O) groups is 1. The lowest BCUT2D eigenvalue weighted by Crippen LogP contribution is -2.33. The number of rotatable bonds is 5. The molecule has 3 rings (SSSR count). The maximum Gasteiger partial charge on any atom is 0.257 e. The first-order chi connectivity index (χ1) is 13.1. The molecule has 0 saturated heterocycles. The smallest absolute Gasteiger partial charge is 0.257 e. The van der Waals surface area contributed by atoms with Crippen LogP contribution >= 0.6 is 0 Å². The molecule has 1 N–H and O–H groups in total. The minimum absolute atomic E-state index is 0.150. The average molecular weight is 401 g/mol. The van der Waals surface area contributed by atoms with Crippen LogP contribution in [0.4, 0.5) is 5.69 Å². The van der Waals surface area contributed by atoms with Gasteiger partial charge in [0.1, 0.15) is 0 Å². The third-order valence-electron chi connectivity index (χ3n) is 4.64. The fourth-order valence-electron chi connectivity index (χ4n) is 2.79. The van der Waals surface area contributed by atoms with Crippen LogP contribution in [0.25, 0.3) is 11.0 Å². The van der Waals surface area contributed by atoms with E-state index in [4.69, 9.17) is 0 Å². The summed E-state index contributed by atoms with van der Waals surface area (Å²) in [4.78, 5) is 17.0. The standard InChI is InChI=1S/C19H23N5O3S/c1-12(2)24(5)28(26,27)16-8-6-15(7-9-16)21-19(25)14-10-17-13(3)22-23(4)18(17)20-11-14/h6-12H,1-5H3,(H,21,25). The second kappa shape index (κ2) is 7.33. The van der Waals surface area contributed by atoms with Crippen molar-refractivity contribution in [1.82, 2.24) is 19.1 Å². The summed E-state index contributed by atoms with van der Waals surface area (Å²) in [5.74, 6) is -0.326. The highest BCUT2D eigenvalue weighted by atomic mass is 32.2. The molecule has 9 heteroatoms. The third-order valence-corrected chi connectivity index (χ3v) is 6.69. The molecule has 28 heavy (non-hydrogen) atoms. The number of aryl methyl sites for hydroxylation is 2. The Morgan fingerprint density at radius 2 is 1.86 bits per heavy atom. The van der Waals surface area contributed by atoms with Gasteiger partial charge in [0, 0.05) is 37.4 Å². The van der Waals surface area contributed by atoms with E-state index in [0.29, 0.717) is 16.9 Å². The number of aromatic nitrogens is 3. The third kappa shape index (κ3) is 3.63. The highest BCUT2D eigenvalue weighted by Crippen LogP contribution is 2.20. The first-order valence-corrected chi connectivity index (χ1v) is 10.2. The summed E-state index contributed by atoms with van der Waals surface area (Å²) in [6, 6.07) is 7.70. The van der Waals surface area contributed by atoms with Gasteiger partial charge in [0.25, 0.3) is 5.91 Å². The lowest BCUT2D eigenvalue weighted by molar-refractivity contribution is 0.102. The maximum atomic E-state index is 12.6. The van der Waals surface area contributed by atoms with Crippen LogP contribution < -0.4 is 5.32 Å². The van der Waals surface area contributed by atoms with Gasteiger partial charge < -0.3 is 5.32 Å². The quantitative estimate of drug-likeness (QED) is 0.709. The van der Waals surface area contributed by atoms with Gasteiger partial charge in [-0.3, -0.25) is 9.48 Å². The molecule has 3 aromatic rings. The van der Waals surface area contributed by atoms with Crippen LogP contribution in [0.1, 0.15) is 29.9 Å². The number of hydrogen-bond acceptors (Lipinski definition) is 5. The van der Waals surface area contributed by atoms with Crippen LogP contribution in [0, 0.1) is 6.92 Å². The molecule has 0 spiro atoms. The molecule has 0 saturated carbocycles. The van der Waals surface area contributed by atoms with E-state index in [0.717, 1.165) is 11.1 Å². The first-order valence-electron chi connectivity index (χ1n) is 8.80. The molecule has 8 nitrogen and oxygen atoms in total. The Labute approximate surface area is 164 Å². The van der Waals surface area contributed by atoms with E-state index in [2.05, 4.69) is 15.4 Å². The van der Waals surface area contributed by atoms with Gasteiger partial charge in [0.2, 0.25) is 10.0 Å². The van der Waals surface area contributed by atoms with E-state index in [1.165, 1.54) is 22.6 Å². The summed E-state index contributed by atoms with van der Waals surface area (Å²) < 4.78 is 28.0. The largest absolute Gasteiger partial charge is 0.322 e. The summed E-state index contributed by atoms with van der Waals surface area (Å²) >= 11 is 0. The molecule has 2 aromatic heterocycles. The maximum absolute atomic E-state index is 12.6. The zero-order valence-electron chi connectivity index (χ0n) is 16.5. The Morgan fingerprint density at radius 3 is 2.46 bits per heavy atom. The normalized spacial score (nSPS) is 12.1. The van der Waals surface area contributed by atoms with Crippen LogP contribution in [-0.4, -0.2) is 46.5 Å². The van der Waals surface area contributed by atoms with Crippen molar-refractivity contribution < 1.29 is 13.2 Å². The fourth-order valence-corrected chi connectivity index (χ4v) is 4.16. The van der Waals surface area contributed by atoms with Gasteiger partial charge in [0.15, 0.2) is 5.65 Å². The van der Waals surface area contributed by atoms with E-state index in [1.54, 1.807) is 50.8 Å². The van der Waals surface area contributed by atoms with E-state index < -0.39 is 10.0 Å². The first kappa shape index (κ1) is 20.0. The van der Waals surface area contributed by atoms with Crippen molar-refractivity contribution in [1.29, 1.82) is 0 Å².